The molecule has 0 unspecified atom stereocenters. The second-order valence-electron chi connectivity index (χ2n) is 2.48. The van der Waals surface area contributed by atoms with Crippen LogP contribution in [0.3, 0.4) is 0 Å². The van der Waals surface area contributed by atoms with Gasteiger partial charge in [-0.25, -0.2) is 4.39 Å². The highest BCUT2D eigenvalue weighted by atomic mass is 35.5. The van der Waals surface area contributed by atoms with Crippen LogP contribution in [-0.4, -0.2) is 14.7 Å². The Morgan fingerprint density at radius 3 is 2.36 bits per heavy atom. The zero-order valence-electron chi connectivity index (χ0n) is 6.92. The molecular weight excluding hydrogens is 254 g/mol. The first-order chi connectivity index (χ1) is 6.29. The number of rotatable bonds is 2. The lowest BCUT2D eigenvalue weighted by Crippen LogP contribution is -2.06. The van der Waals surface area contributed by atoms with Crippen molar-refractivity contribution < 1.29 is 17.0 Å². The third kappa shape index (κ3) is 3.01. The summed E-state index contributed by atoms with van der Waals surface area (Å²) >= 11 is 10.9. The largest absolute Gasteiger partial charge is 0.381 e. The number of hydrogen-bond donors (Lipinski definition) is 0. The van der Waals surface area contributed by atoms with Gasteiger partial charge < -0.3 is 4.18 Å². The van der Waals surface area contributed by atoms with E-state index in [4.69, 9.17) is 23.2 Å². The molecule has 0 saturated heterocycles. The summed E-state index contributed by atoms with van der Waals surface area (Å²) in [5.41, 5.74) is 0. The molecular formula is C7H5Cl2FO3S. The normalized spacial score (nSPS) is 11.4. The molecule has 0 spiro atoms. The van der Waals surface area contributed by atoms with Gasteiger partial charge >= 0.3 is 10.1 Å². The highest BCUT2D eigenvalue weighted by Gasteiger charge is 2.12. The minimum absolute atomic E-state index is 0.155. The maximum Gasteiger partial charge on any atom is 0.306 e. The van der Waals surface area contributed by atoms with Crippen molar-refractivity contribution in [2.45, 2.75) is 0 Å². The minimum Gasteiger partial charge on any atom is -0.381 e. The van der Waals surface area contributed by atoms with Crippen LogP contribution in [0.15, 0.2) is 12.1 Å². The van der Waals surface area contributed by atoms with Crippen molar-refractivity contribution in [3.8, 4) is 5.75 Å². The van der Waals surface area contributed by atoms with Gasteiger partial charge in [0.05, 0.1) is 16.3 Å². The third-order valence-electron chi connectivity index (χ3n) is 1.22. The molecule has 1 rings (SSSR count). The van der Waals surface area contributed by atoms with E-state index >= 15 is 0 Å². The highest BCUT2D eigenvalue weighted by molar-refractivity contribution is 7.86. The summed E-state index contributed by atoms with van der Waals surface area (Å²) < 4.78 is 38.7. The van der Waals surface area contributed by atoms with E-state index in [1.54, 1.807) is 0 Å². The Hall–Kier alpha value is -0.520. The van der Waals surface area contributed by atoms with Crippen molar-refractivity contribution in [2.75, 3.05) is 6.26 Å². The van der Waals surface area contributed by atoms with Gasteiger partial charge in [-0.1, -0.05) is 23.2 Å². The zero-order chi connectivity index (χ0) is 10.9. The van der Waals surface area contributed by atoms with E-state index in [-0.39, 0.29) is 15.8 Å². The van der Waals surface area contributed by atoms with Gasteiger partial charge in [-0.05, 0) is 6.07 Å². The van der Waals surface area contributed by atoms with Gasteiger partial charge in [0.2, 0.25) is 0 Å². The summed E-state index contributed by atoms with van der Waals surface area (Å²) in [6.45, 7) is 0. The molecule has 3 nitrogen and oxygen atoms in total. The van der Waals surface area contributed by atoms with Crippen LogP contribution in [0.5, 0.6) is 5.75 Å². The summed E-state index contributed by atoms with van der Waals surface area (Å²) in [6.07, 6.45) is 0.848. The lowest BCUT2D eigenvalue weighted by molar-refractivity contribution is 0.492. The molecule has 0 bridgehead atoms. The van der Waals surface area contributed by atoms with Crippen molar-refractivity contribution in [1.29, 1.82) is 0 Å². The summed E-state index contributed by atoms with van der Waals surface area (Å²) in [7, 11) is -3.69. The first-order valence-electron chi connectivity index (χ1n) is 3.33. The van der Waals surface area contributed by atoms with Gasteiger partial charge in [-0.2, -0.15) is 8.42 Å². The average molecular weight is 259 g/mol. The van der Waals surface area contributed by atoms with E-state index in [9.17, 15) is 12.8 Å². The molecule has 1 aromatic carbocycles. The van der Waals surface area contributed by atoms with Gasteiger partial charge in [-0.3, -0.25) is 0 Å². The fourth-order valence-electron chi connectivity index (χ4n) is 0.731. The summed E-state index contributed by atoms with van der Waals surface area (Å²) in [5.74, 6) is -0.932. The van der Waals surface area contributed by atoms with Crippen LogP contribution in [0, 0.1) is 5.82 Å². The van der Waals surface area contributed by atoms with Crippen molar-refractivity contribution in [3.05, 3.63) is 28.0 Å². The molecule has 0 aromatic heterocycles. The van der Waals surface area contributed by atoms with Crippen LogP contribution in [0.25, 0.3) is 0 Å². The SMILES string of the molecule is CS(=O)(=O)Oc1cc(Cl)c(F)cc1Cl. The second kappa shape index (κ2) is 3.92. The molecule has 0 radical (unpaired) electrons. The quantitative estimate of drug-likeness (QED) is 0.605. The number of hydrogen-bond acceptors (Lipinski definition) is 3. The van der Waals surface area contributed by atoms with Crippen LogP contribution in [-0.2, 0) is 10.1 Å². The zero-order valence-corrected chi connectivity index (χ0v) is 9.25. The Labute approximate surface area is 90.5 Å². The summed E-state index contributed by atoms with van der Waals surface area (Å²) in [4.78, 5) is 0. The molecule has 78 valence electrons. The lowest BCUT2D eigenvalue weighted by atomic mass is 10.3. The van der Waals surface area contributed by atoms with Gasteiger partial charge in [0.15, 0.2) is 5.75 Å². The fraction of sp³-hybridized carbons (Fsp3) is 0.143. The molecule has 7 heteroatoms. The van der Waals surface area contributed by atoms with Gasteiger partial charge in [0.1, 0.15) is 5.82 Å². The molecule has 0 aliphatic carbocycles. The van der Waals surface area contributed by atoms with Crippen LogP contribution in [0.1, 0.15) is 0 Å². The number of benzene rings is 1. The molecule has 0 saturated carbocycles. The predicted molar refractivity (Wildman–Crippen MR) is 51.9 cm³/mol. The smallest absolute Gasteiger partial charge is 0.306 e. The van der Waals surface area contributed by atoms with Crippen molar-refractivity contribution in [2.24, 2.45) is 0 Å². The molecule has 1 aromatic rings. The number of halogens is 3. The molecule has 0 heterocycles. The molecule has 0 aliphatic heterocycles. The van der Waals surface area contributed by atoms with Crippen LogP contribution in [0.4, 0.5) is 4.39 Å². The van der Waals surface area contributed by atoms with E-state index < -0.39 is 15.9 Å². The molecule has 0 amide bonds. The predicted octanol–water partition coefficient (Wildman–Crippen LogP) is 2.47. The lowest BCUT2D eigenvalue weighted by Gasteiger charge is -2.05. The Bertz CT molecular complexity index is 458. The topological polar surface area (TPSA) is 43.4 Å². The van der Waals surface area contributed by atoms with Gasteiger partial charge in [0, 0.05) is 6.07 Å². The van der Waals surface area contributed by atoms with Crippen LogP contribution in [0.2, 0.25) is 10.0 Å². The van der Waals surface area contributed by atoms with Gasteiger partial charge in [-0.15, -0.1) is 0 Å². The van der Waals surface area contributed by atoms with Gasteiger partial charge in [0.25, 0.3) is 0 Å². The standard InChI is InChI=1S/C7H5Cl2FO3S/c1-14(11,12)13-7-3-4(8)6(10)2-5(7)9/h2-3H,1H3. The maximum atomic E-state index is 12.8. The Morgan fingerprint density at radius 1 is 1.29 bits per heavy atom. The van der Waals surface area contributed by atoms with E-state index in [0.29, 0.717) is 0 Å². The Kier molecular flexibility index (Phi) is 3.24. The highest BCUT2D eigenvalue weighted by Crippen LogP contribution is 2.30. The monoisotopic (exact) mass is 258 g/mol. The molecule has 0 N–H and O–H groups in total. The molecule has 14 heavy (non-hydrogen) atoms. The summed E-state index contributed by atoms with van der Waals surface area (Å²) in [5, 5.41) is -0.412. The first-order valence-corrected chi connectivity index (χ1v) is 5.91. The molecule has 0 atom stereocenters. The maximum absolute atomic E-state index is 12.8. The Morgan fingerprint density at radius 2 is 1.86 bits per heavy atom. The first kappa shape index (κ1) is 11.6. The summed E-state index contributed by atoms with van der Waals surface area (Å²) in [6, 6.07) is 1.88. The minimum atomic E-state index is -3.69. The van der Waals surface area contributed by atoms with E-state index in [0.717, 1.165) is 18.4 Å². The van der Waals surface area contributed by atoms with Crippen molar-refractivity contribution >= 4 is 33.3 Å². The van der Waals surface area contributed by atoms with E-state index in [2.05, 4.69) is 4.18 Å². The van der Waals surface area contributed by atoms with Crippen molar-refractivity contribution in [3.63, 3.8) is 0 Å². The fourth-order valence-corrected chi connectivity index (χ4v) is 1.58. The van der Waals surface area contributed by atoms with Crippen molar-refractivity contribution in [1.82, 2.24) is 0 Å². The van der Waals surface area contributed by atoms with Crippen LogP contribution >= 0.6 is 23.2 Å². The average Bonchev–Trinajstić information content (AvgIpc) is 1.97. The van der Waals surface area contributed by atoms with Crippen LogP contribution < -0.4 is 4.18 Å². The third-order valence-corrected chi connectivity index (χ3v) is 2.28. The second-order valence-corrected chi connectivity index (χ2v) is 4.87. The van der Waals surface area contributed by atoms with E-state index in [1.807, 2.05) is 0 Å². The van der Waals surface area contributed by atoms with E-state index in [1.165, 1.54) is 0 Å². The Balaban J connectivity index is 3.17. The molecule has 0 fully saturated rings. The molecule has 0 aliphatic rings.